The summed E-state index contributed by atoms with van der Waals surface area (Å²) in [7, 11) is 0. The number of rotatable bonds is 7. The number of hydrogen-bond acceptors (Lipinski definition) is 1. The highest BCUT2D eigenvalue weighted by Crippen LogP contribution is 2.45. The zero-order chi connectivity index (χ0) is 52.9. The minimum Gasteiger partial charge on any atom is -0.308 e. The molecule has 12 aromatic rings. The van der Waals surface area contributed by atoms with Crippen LogP contribution in [0.1, 0.15) is 55.6 Å². The zero-order valence-corrected chi connectivity index (χ0v) is 43.8. The number of alkyl halides is 3. The third-order valence-electron chi connectivity index (χ3n) is 15.5. The van der Waals surface area contributed by atoms with Crippen LogP contribution in [0.4, 0.5) is 13.2 Å². The molecular weight excluding hydrogens is 940 g/mol. The van der Waals surface area contributed by atoms with Gasteiger partial charge in [-0.3, -0.25) is 0 Å². The molecule has 0 spiro atoms. The van der Waals surface area contributed by atoms with Crippen LogP contribution in [-0.2, 0) is 6.18 Å². The molecule has 76 heavy (non-hydrogen) atoms. The molecule has 0 bridgehead atoms. The summed E-state index contributed by atoms with van der Waals surface area (Å²) in [5.74, 6) is 0. The number of halogens is 3. The van der Waals surface area contributed by atoms with E-state index < -0.39 is 11.7 Å². The number of benzene rings is 10. The van der Waals surface area contributed by atoms with Crippen molar-refractivity contribution in [3.05, 3.63) is 238 Å². The zero-order valence-electron chi connectivity index (χ0n) is 43.8. The lowest BCUT2D eigenvalue weighted by atomic mass is 9.95. The number of nitriles is 1. The smallest absolute Gasteiger partial charge is 0.308 e. The molecule has 2 heterocycles. The van der Waals surface area contributed by atoms with Crippen LogP contribution in [0.2, 0.25) is 0 Å². The van der Waals surface area contributed by atoms with Gasteiger partial charge in [0.1, 0.15) is 11.6 Å². The average molecular weight is 994 g/mol. The molecule has 0 unspecified atom stereocenters. The van der Waals surface area contributed by atoms with Gasteiger partial charge in [0.15, 0.2) is 0 Å². The molecule has 0 saturated carbocycles. The van der Waals surface area contributed by atoms with Gasteiger partial charge in [0.2, 0.25) is 0 Å². The molecule has 0 fully saturated rings. The molecule has 3 nitrogen and oxygen atoms in total. The first-order chi connectivity index (χ1) is 36.5. The van der Waals surface area contributed by atoms with Gasteiger partial charge in [0.05, 0.1) is 39.0 Å². The van der Waals surface area contributed by atoms with Crippen LogP contribution in [0, 0.1) is 66.7 Å². The van der Waals surface area contributed by atoms with Crippen molar-refractivity contribution in [3.63, 3.8) is 0 Å². The third kappa shape index (κ3) is 8.15. The van der Waals surface area contributed by atoms with Gasteiger partial charge < -0.3 is 9.13 Å². The highest BCUT2D eigenvalue weighted by atomic mass is 19.4. The minimum absolute atomic E-state index is 0.378. The second-order valence-electron chi connectivity index (χ2n) is 21.0. The lowest BCUT2D eigenvalue weighted by Crippen LogP contribution is -2.07. The second kappa shape index (κ2) is 18.2. The van der Waals surface area contributed by atoms with Crippen molar-refractivity contribution in [2.75, 3.05) is 0 Å². The van der Waals surface area contributed by atoms with Gasteiger partial charge in [-0.15, -0.1) is 0 Å². The Morgan fingerprint density at radius 2 is 0.711 bits per heavy atom. The first-order valence-corrected chi connectivity index (χ1v) is 25.8. The standard InChI is InChI=1S/C70H54F3N3/c1-40-13-20-56(45(6)27-40)49-17-24-65-60(34-49)59-33-48(55-12-10-9-11-44(55)5)16-23-64(59)75(65)68-37-53(52-30-43(4)31-54(32-52)70(71,72)73)38-69(63(68)39-74)76-66-25-18-50(57-21-14-41(2)28-46(57)7)35-61(66)62-36-51(19-26-67(62)76)58-22-15-42(3)29-47(58)8/h9-38H,1-8H3. The van der Waals surface area contributed by atoms with Crippen molar-refractivity contribution in [2.24, 2.45) is 0 Å². The quantitative estimate of drug-likeness (QED) is 0.157. The van der Waals surface area contributed by atoms with Crippen LogP contribution in [0.15, 0.2) is 182 Å². The van der Waals surface area contributed by atoms with Crippen molar-refractivity contribution in [3.8, 4) is 73.1 Å². The molecular formula is C70H54F3N3. The molecule has 0 atom stereocenters. The normalized spacial score (nSPS) is 11.9. The maximum Gasteiger partial charge on any atom is 0.416 e. The predicted molar refractivity (Wildman–Crippen MR) is 310 cm³/mol. The van der Waals surface area contributed by atoms with Crippen LogP contribution in [-0.4, -0.2) is 9.13 Å². The molecule has 10 aromatic carbocycles. The molecule has 370 valence electrons. The predicted octanol–water partition coefficient (Wildman–Crippen LogP) is 19.6. The van der Waals surface area contributed by atoms with Crippen LogP contribution in [0.5, 0.6) is 0 Å². The average Bonchev–Trinajstić information content (AvgIpc) is 3.93. The number of fused-ring (bicyclic) bond motifs is 6. The van der Waals surface area contributed by atoms with Gasteiger partial charge in [-0.2, -0.15) is 18.4 Å². The minimum atomic E-state index is -4.58. The Kier molecular flexibility index (Phi) is 11.5. The van der Waals surface area contributed by atoms with Crippen molar-refractivity contribution in [2.45, 2.75) is 61.6 Å². The fourth-order valence-electron chi connectivity index (χ4n) is 11.9. The molecule has 0 radical (unpaired) electrons. The number of nitrogens with zero attached hydrogens (tertiary/aromatic N) is 3. The Bertz CT molecular complexity index is 4330. The Morgan fingerprint density at radius 3 is 1.07 bits per heavy atom. The largest absolute Gasteiger partial charge is 0.416 e. The fraction of sp³-hybridized carbons (Fsp3) is 0.129. The molecule has 0 saturated heterocycles. The molecule has 12 rings (SSSR count). The Labute approximate surface area is 441 Å². The van der Waals surface area contributed by atoms with E-state index in [1.165, 1.54) is 28.8 Å². The second-order valence-corrected chi connectivity index (χ2v) is 21.0. The van der Waals surface area contributed by atoms with Gasteiger partial charge in [-0.25, -0.2) is 0 Å². The molecule has 0 amide bonds. The summed E-state index contributed by atoms with van der Waals surface area (Å²) >= 11 is 0. The fourth-order valence-corrected chi connectivity index (χ4v) is 11.9. The number of aromatic nitrogens is 2. The van der Waals surface area contributed by atoms with Crippen molar-refractivity contribution >= 4 is 43.6 Å². The summed E-state index contributed by atoms with van der Waals surface area (Å²) in [5.41, 5.74) is 22.6. The Hall–Kier alpha value is -8.92. The van der Waals surface area contributed by atoms with E-state index in [4.69, 9.17) is 0 Å². The Morgan fingerprint density at radius 1 is 0.342 bits per heavy atom. The van der Waals surface area contributed by atoms with Gasteiger partial charge in [0.25, 0.3) is 0 Å². The van der Waals surface area contributed by atoms with E-state index in [0.717, 1.165) is 110 Å². The van der Waals surface area contributed by atoms with E-state index in [1.54, 1.807) is 13.0 Å². The van der Waals surface area contributed by atoms with Crippen molar-refractivity contribution < 1.29 is 13.2 Å². The first-order valence-electron chi connectivity index (χ1n) is 25.8. The topological polar surface area (TPSA) is 33.6 Å². The maximum absolute atomic E-state index is 14.8. The monoisotopic (exact) mass is 993 g/mol. The highest BCUT2D eigenvalue weighted by Gasteiger charge is 2.32. The van der Waals surface area contributed by atoms with Crippen molar-refractivity contribution in [1.82, 2.24) is 9.13 Å². The lowest BCUT2D eigenvalue weighted by molar-refractivity contribution is -0.137. The molecule has 0 aliphatic heterocycles. The van der Waals surface area contributed by atoms with E-state index in [9.17, 15) is 18.4 Å². The summed E-state index contributed by atoms with van der Waals surface area (Å²) < 4.78 is 48.7. The summed E-state index contributed by atoms with van der Waals surface area (Å²) in [6, 6.07) is 64.7. The van der Waals surface area contributed by atoms with Gasteiger partial charge in [0, 0.05) is 21.5 Å². The lowest BCUT2D eigenvalue weighted by Gasteiger charge is -2.19. The highest BCUT2D eigenvalue weighted by molar-refractivity contribution is 6.14. The Balaban J connectivity index is 1.20. The maximum atomic E-state index is 14.8. The van der Waals surface area contributed by atoms with Crippen molar-refractivity contribution in [1.29, 1.82) is 5.26 Å². The van der Waals surface area contributed by atoms with Gasteiger partial charge >= 0.3 is 6.18 Å². The molecule has 6 heteroatoms. The van der Waals surface area contributed by atoms with Crippen LogP contribution in [0.25, 0.3) is 111 Å². The van der Waals surface area contributed by atoms with Crippen LogP contribution >= 0.6 is 0 Å². The van der Waals surface area contributed by atoms with E-state index in [1.807, 2.05) is 18.2 Å². The molecule has 0 N–H and O–H groups in total. The molecule has 0 aliphatic carbocycles. The summed E-state index contributed by atoms with van der Waals surface area (Å²) in [6.45, 7) is 16.5. The van der Waals surface area contributed by atoms with Crippen LogP contribution in [0.3, 0.4) is 0 Å². The summed E-state index contributed by atoms with van der Waals surface area (Å²) in [4.78, 5) is 0. The van der Waals surface area contributed by atoms with E-state index in [2.05, 4.69) is 209 Å². The first kappa shape index (κ1) is 48.0. The summed E-state index contributed by atoms with van der Waals surface area (Å²) in [6.07, 6.45) is -4.58. The van der Waals surface area contributed by atoms with E-state index in [0.29, 0.717) is 33.6 Å². The van der Waals surface area contributed by atoms with Gasteiger partial charge in [-0.05, 0) is 212 Å². The van der Waals surface area contributed by atoms with Crippen LogP contribution < -0.4 is 0 Å². The molecule has 0 aliphatic rings. The third-order valence-corrected chi connectivity index (χ3v) is 15.5. The SMILES string of the molecule is Cc1cc(-c2cc(-n3c4ccc(-c5ccccc5C)cc4c4cc(-c5ccc(C)cc5C)ccc43)c(C#N)c(-n3c4ccc(-c5ccc(C)cc5C)cc4c4cc(-c5ccc(C)cc5C)ccc43)c2)cc(C(F)(F)F)c1. The molecule has 2 aromatic heterocycles. The number of hydrogen-bond donors (Lipinski definition) is 0. The summed E-state index contributed by atoms with van der Waals surface area (Å²) in [5, 5.41) is 15.8. The van der Waals surface area contributed by atoms with Gasteiger partial charge in [-0.1, -0.05) is 126 Å². The van der Waals surface area contributed by atoms with E-state index >= 15 is 0 Å². The number of aryl methyl sites for hydroxylation is 8. The van der Waals surface area contributed by atoms with E-state index in [-0.39, 0.29) is 0 Å².